The van der Waals surface area contributed by atoms with Crippen LogP contribution in [0.5, 0.6) is 0 Å². The van der Waals surface area contributed by atoms with Gasteiger partial charge in [-0.25, -0.2) is 4.39 Å². The molecule has 1 unspecified atom stereocenters. The molecule has 0 saturated heterocycles. The quantitative estimate of drug-likeness (QED) is 0.759. The summed E-state index contributed by atoms with van der Waals surface area (Å²) in [4.78, 5) is 16.7. The number of carbonyl (C=O) groups excluding carboxylic acids is 1. The Morgan fingerprint density at radius 2 is 2.19 bits per heavy atom. The van der Waals surface area contributed by atoms with Gasteiger partial charge in [0.15, 0.2) is 5.82 Å². The van der Waals surface area contributed by atoms with Crippen LogP contribution in [-0.4, -0.2) is 15.9 Å². The lowest BCUT2D eigenvalue weighted by atomic mass is 9.92. The van der Waals surface area contributed by atoms with Crippen molar-refractivity contribution >= 4 is 17.5 Å². The smallest absolute Gasteiger partial charge is 0.237 e. The summed E-state index contributed by atoms with van der Waals surface area (Å²) in [6.07, 6.45) is 0. The number of carbonyl (C=O) groups is 1. The molecular weight excluding hydrogens is 291 g/mol. The number of halogens is 1. The van der Waals surface area contributed by atoms with Crippen molar-refractivity contribution < 1.29 is 13.7 Å². The first-order valence-electron chi connectivity index (χ1n) is 6.68. The summed E-state index contributed by atoms with van der Waals surface area (Å²) in [5.41, 5.74) is 0. The Hall–Kier alpha value is -1.69. The fourth-order valence-corrected chi connectivity index (χ4v) is 2.87. The minimum Gasteiger partial charge on any atom is -0.339 e. The standard InChI is InChI=1S/C15H17FN2O2S/c1-9(2)14(10(3)19)15-17-13(18-20-15)8-21-12-6-4-5-11(16)7-12/h4-7,9,14H,8H2,1-3H3. The fourth-order valence-electron chi connectivity index (χ4n) is 2.09. The summed E-state index contributed by atoms with van der Waals surface area (Å²) in [6, 6.07) is 6.33. The van der Waals surface area contributed by atoms with Crippen LogP contribution in [0.15, 0.2) is 33.7 Å². The number of hydrogen-bond acceptors (Lipinski definition) is 5. The highest BCUT2D eigenvalue weighted by Crippen LogP contribution is 2.26. The van der Waals surface area contributed by atoms with Gasteiger partial charge in [0, 0.05) is 4.90 Å². The minimum absolute atomic E-state index is 0.0120. The van der Waals surface area contributed by atoms with Crippen LogP contribution in [0.3, 0.4) is 0 Å². The monoisotopic (exact) mass is 308 g/mol. The Labute approximate surface area is 127 Å². The maximum atomic E-state index is 13.1. The Balaban J connectivity index is 2.04. The molecule has 1 aromatic heterocycles. The second kappa shape index (κ2) is 6.85. The van der Waals surface area contributed by atoms with Gasteiger partial charge < -0.3 is 4.52 Å². The Morgan fingerprint density at radius 1 is 1.43 bits per heavy atom. The lowest BCUT2D eigenvalue weighted by Crippen LogP contribution is -2.15. The van der Waals surface area contributed by atoms with E-state index in [1.54, 1.807) is 6.07 Å². The minimum atomic E-state index is -0.370. The molecule has 1 aromatic carbocycles. The van der Waals surface area contributed by atoms with Crippen molar-refractivity contribution in [2.45, 2.75) is 37.3 Å². The third-order valence-corrected chi connectivity index (χ3v) is 4.01. The molecule has 4 nitrogen and oxygen atoms in total. The molecule has 1 heterocycles. The van der Waals surface area contributed by atoms with Gasteiger partial charge in [0.25, 0.3) is 0 Å². The van der Waals surface area contributed by atoms with Crippen molar-refractivity contribution in [1.82, 2.24) is 10.1 Å². The number of Topliss-reactive ketones (excluding diaryl/α,β-unsaturated/α-hetero) is 1. The van der Waals surface area contributed by atoms with Crippen molar-refractivity contribution in [2.75, 3.05) is 0 Å². The number of ketones is 1. The van der Waals surface area contributed by atoms with Gasteiger partial charge in [0.1, 0.15) is 11.6 Å². The van der Waals surface area contributed by atoms with Crippen molar-refractivity contribution in [3.05, 3.63) is 41.8 Å². The van der Waals surface area contributed by atoms with E-state index in [0.717, 1.165) is 4.90 Å². The zero-order valence-corrected chi connectivity index (χ0v) is 13.0. The van der Waals surface area contributed by atoms with Crippen LogP contribution in [0.25, 0.3) is 0 Å². The molecule has 21 heavy (non-hydrogen) atoms. The third-order valence-electron chi connectivity index (χ3n) is 3.02. The molecule has 0 amide bonds. The number of aromatic nitrogens is 2. The Morgan fingerprint density at radius 3 is 2.81 bits per heavy atom. The lowest BCUT2D eigenvalue weighted by Gasteiger charge is -2.12. The number of nitrogens with zero attached hydrogens (tertiary/aromatic N) is 2. The van der Waals surface area contributed by atoms with Gasteiger partial charge in [-0.3, -0.25) is 4.79 Å². The highest BCUT2D eigenvalue weighted by Gasteiger charge is 2.26. The average molecular weight is 308 g/mol. The molecule has 0 aliphatic heterocycles. The molecule has 112 valence electrons. The van der Waals surface area contributed by atoms with E-state index in [4.69, 9.17) is 4.52 Å². The van der Waals surface area contributed by atoms with Gasteiger partial charge in [-0.1, -0.05) is 25.1 Å². The molecule has 0 aliphatic carbocycles. The van der Waals surface area contributed by atoms with Gasteiger partial charge in [0.05, 0.1) is 11.7 Å². The van der Waals surface area contributed by atoms with E-state index in [1.807, 2.05) is 19.9 Å². The summed E-state index contributed by atoms with van der Waals surface area (Å²) in [6.45, 7) is 5.41. The number of thioether (sulfide) groups is 1. The van der Waals surface area contributed by atoms with E-state index in [1.165, 1.54) is 30.8 Å². The van der Waals surface area contributed by atoms with Crippen LogP contribution in [0.1, 0.15) is 38.4 Å². The molecule has 0 bridgehead atoms. The SMILES string of the molecule is CC(=O)C(c1nc(CSc2cccc(F)c2)no1)C(C)C. The molecule has 2 aromatic rings. The third kappa shape index (κ3) is 4.14. The van der Waals surface area contributed by atoms with E-state index in [2.05, 4.69) is 10.1 Å². The van der Waals surface area contributed by atoms with E-state index >= 15 is 0 Å². The van der Waals surface area contributed by atoms with E-state index in [-0.39, 0.29) is 23.4 Å². The van der Waals surface area contributed by atoms with E-state index in [0.29, 0.717) is 17.5 Å². The topological polar surface area (TPSA) is 56.0 Å². The van der Waals surface area contributed by atoms with E-state index in [9.17, 15) is 9.18 Å². The zero-order chi connectivity index (χ0) is 15.4. The maximum absolute atomic E-state index is 13.1. The predicted octanol–water partition coefficient (Wildman–Crippen LogP) is 3.83. The molecule has 1 atom stereocenters. The summed E-state index contributed by atoms with van der Waals surface area (Å²) in [5, 5.41) is 3.89. The number of rotatable bonds is 6. The summed E-state index contributed by atoms with van der Waals surface area (Å²) >= 11 is 1.42. The molecule has 0 fully saturated rings. The van der Waals surface area contributed by atoms with Crippen LogP contribution in [0.2, 0.25) is 0 Å². The first-order chi connectivity index (χ1) is 9.97. The Bertz CT molecular complexity index is 628. The van der Waals surface area contributed by atoms with Crippen molar-refractivity contribution in [3.8, 4) is 0 Å². The average Bonchev–Trinajstić information content (AvgIpc) is 2.84. The second-order valence-electron chi connectivity index (χ2n) is 5.13. The molecular formula is C15H17FN2O2S. The second-order valence-corrected chi connectivity index (χ2v) is 6.18. The molecule has 0 aliphatic rings. The largest absolute Gasteiger partial charge is 0.339 e. The van der Waals surface area contributed by atoms with Crippen LogP contribution >= 0.6 is 11.8 Å². The van der Waals surface area contributed by atoms with Crippen LogP contribution in [-0.2, 0) is 10.5 Å². The molecule has 0 radical (unpaired) electrons. The van der Waals surface area contributed by atoms with Gasteiger partial charge >= 0.3 is 0 Å². The highest BCUT2D eigenvalue weighted by atomic mass is 32.2. The molecule has 0 spiro atoms. The predicted molar refractivity (Wildman–Crippen MR) is 78.5 cm³/mol. The fraction of sp³-hybridized carbons (Fsp3) is 0.400. The van der Waals surface area contributed by atoms with Gasteiger partial charge in [0.2, 0.25) is 5.89 Å². The lowest BCUT2D eigenvalue weighted by molar-refractivity contribution is -0.119. The van der Waals surface area contributed by atoms with Gasteiger partial charge in [-0.2, -0.15) is 4.98 Å². The molecule has 0 N–H and O–H groups in total. The van der Waals surface area contributed by atoms with Crippen LogP contribution in [0, 0.1) is 11.7 Å². The normalized spacial score (nSPS) is 12.6. The molecule has 2 rings (SSSR count). The first kappa shape index (κ1) is 15.7. The van der Waals surface area contributed by atoms with Crippen LogP contribution < -0.4 is 0 Å². The Kier molecular flexibility index (Phi) is 5.12. The van der Waals surface area contributed by atoms with Crippen LogP contribution in [0.4, 0.5) is 4.39 Å². The first-order valence-corrected chi connectivity index (χ1v) is 7.67. The summed E-state index contributed by atoms with van der Waals surface area (Å²) < 4.78 is 18.3. The molecule has 0 saturated carbocycles. The summed E-state index contributed by atoms with van der Waals surface area (Å²) in [5.74, 6) is 0.800. The van der Waals surface area contributed by atoms with Crippen molar-refractivity contribution in [1.29, 1.82) is 0 Å². The number of benzene rings is 1. The number of hydrogen-bond donors (Lipinski definition) is 0. The van der Waals surface area contributed by atoms with Gasteiger partial charge in [-0.15, -0.1) is 11.8 Å². The molecule has 6 heteroatoms. The van der Waals surface area contributed by atoms with E-state index < -0.39 is 0 Å². The van der Waals surface area contributed by atoms with Crippen molar-refractivity contribution in [3.63, 3.8) is 0 Å². The highest BCUT2D eigenvalue weighted by molar-refractivity contribution is 7.98. The summed E-state index contributed by atoms with van der Waals surface area (Å²) in [7, 11) is 0. The van der Waals surface area contributed by atoms with Gasteiger partial charge in [-0.05, 0) is 31.0 Å². The van der Waals surface area contributed by atoms with Crippen molar-refractivity contribution in [2.24, 2.45) is 5.92 Å². The zero-order valence-electron chi connectivity index (χ0n) is 12.2. The maximum Gasteiger partial charge on any atom is 0.237 e.